The average Bonchev–Trinajstić information content (AvgIpc) is 3.58. The number of unbranched alkanes of at least 4 members (excludes halogenated alkanes) is 1. The van der Waals surface area contributed by atoms with Gasteiger partial charge >= 0.3 is 6.09 Å². The Hall–Kier alpha value is -3.59. The second-order valence-corrected chi connectivity index (χ2v) is 12.2. The van der Waals surface area contributed by atoms with Crippen LogP contribution >= 0.6 is 0 Å². The van der Waals surface area contributed by atoms with Crippen molar-refractivity contribution in [3.63, 3.8) is 0 Å². The van der Waals surface area contributed by atoms with E-state index in [-0.39, 0.29) is 18.4 Å². The minimum Gasteiger partial charge on any atom is -0.445 e. The molecule has 5 rings (SSSR count). The van der Waals surface area contributed by atoms with Gasteiger partial charge in [0.2, 0.25) is 11.8 Å². The van der Waals surface area contributed by atoms with Gasteiger partial charge in [0.1, 0.15) is 18.2 Å². The Kier molecular flexibility index (Phi) is 10.6. The average molecular weight is 590 g/mol. The van der Waals surface area contributed by atoms with E-state index in [9.17, 15) is 14.4 Å². The summed E-state index contributed by atoms with van der Waals surface area (Å²) in [5.41, 5.74) is 2.77. The highest BCUT2D eigenvalue weighted by molar-refractivity contribution is 6.00. The Balaban J connectivity index is 1.06. The molecule has 43 heavy (non-hydrogen) atoms. The molecule has 3 saturated heterocycles. The maximum atomic E-state index is 13.6. The van der Waals surface area contributed by atoms with E-state index >= 15 is 0 Å². The number of carbonyl (C=O) groups is 3. The van der Waals surface area contributed by atoms with Crippen molar-refractivity contribution in [1.82, 2.24) is 20.4 Å². The lowest BCUT2D eigenvalue weighted by Gasteiger charge is -2.51. The van der Waals surface area contributed by atoms with Crippen molar-refractivity contribution in [3.8, 4) is 0 Å². The summed E-state index contributed by atoms with van der Waals surface area (Å²) in [5, 5.41) is 5.86. The molecule has 3 fully saturated rings. The molecule has 1 atom stereocenters. The first kappa shape index (κ1) is 30.9. The quantitative estimate of drug-likeness (QED) is 0.355. The number of piperidine rings is 1. The fraction of sp³-hybridized carbons (Fsp3) is 0.559. The van der Waals surface area contributed by atoms with Crippen molar-refractivity contribution >= 4 is 23.6 Å². The number of benzene rings is 2. The van der Waals surface area contributed by atoms with E-state index in [4.69, 9.17) is 4.74 Å². The van der Waals surface area contributed by atoms with Crippen molar-refractivity contribution < 1.29 is 19.1 Å². The number of hydrogen-bond donors (Lipinski definition) is 2. The molecule has 1 spiro atoms. The third kappa shape index (κ3) is 7.68. The van der Waals surface area contributed by atoms with Gasteiger partial charge < -0.3 is 25.2 Å². The summed E-state index contributed by atoms with van der Waals surface area (Å²) < 4.78 is 5.25. The van der Waals surface area contributed by atoms with E-state index in [1.54, 1.807) is 0 Å². The molecule has 0 radical (unpaired) electrons. The van der Waals surface area contributed by atoms with Crippen molar-refractivity contribution in [3.05, 3.63) is 65.7 Å². The summed E-state index contributed by atoms with van der Waals surface area (Å²) in [6, 6.07) is 18.0. The van der Waals surface area contributed by atoms with Crippen LogP contribution in [0.4, 0.5) is 10.5 Å². The maximum Gasteiger partial charge on any atom is 0.407 e. The number of hydrogen-bond acceptors (Lipinski definition) is 6. The van der Waals surface area contributed by atoms with Crippen LogP contribution in [0.1, 0.15) is 69.4 Å². The summed E-state index contributed by atoms with van der Waals surface area (Å²) in [5.74, 6) is 0.0189. The summed E-state index contributed by atoms with van der Waals surface area (Å²) in [4.78, 5) is 46.0. The third-order valence-corrected chi connectivity index (χ3v) is 9.15. The number of carbonyl (C=O) groups excluding carboxylic acids is 3. The van der Waals surface area contributed by atoms with Crippen LogP contribution in [0.2, 0.25) is 0 Å². The molecule has 0 aliphatic carbocycles. The number of likely N-dealkylation sites (tertiary alicyclic amines) is 1. The van der Waals surface area contributed by atoms with Crippen LogP contribution in [-0.2, 0) is 27.5 Å². The molecule has 9 heteroatoms. The second kappa shape index (κ2) is 14.7. The molecule has 3 aliphatic heterocycles. The van der Waals surface area contributed by atoms with Crippen molar-refractivity contribution in [1.29, 1.82) is 0 Å². The van der Waals surface area contributed by atoms with Gasteiger partial charge in [-0.05, 0) is 74.6 Å². The number of rotatable bonds is 12. The van der Waals surface area contributed by atoms with Crippen LogP contribution in [0.5, 0.6) is 0 Å². The van der Waals surface area contributed by atoms with Crippen LogP contribution < -0.4 is 15.5 Å². The van der Waals surface area contributed by atoms with Crippen LogP contribution in [-0.4, -0.2) is 78.6 Å². The van der Waals surface area contributed by atoms with Gasteiger partial charge in [0, 0.05) is 51.5 Å². The SMILES string of the molecule is CCCN1C(=O)[C@H](CCCCNC(=O)OCc2ccccc2)NC(=O)C12CCN(Cc1ccc(N3CCCC3)cc1)CC2. The van der Waals surface area contributed by atoms with E-state index in [2.05, 4.69) is 51.6 Å². The van der Waals surface area contributed by atoms with Crippen molar-refractivity contribution in [2.24, 2.45) is 0 Å². The highest BCUT2D eigenvalue weighted by Gasteiger charge is 2.53. The Morgan fingerprint density at radius 3 is 2.37 bits per heavy atom. The molecule has 232 valence electrons. The highest BCUT2D eigenvalue weighted by Crippen LogP contribution is 2.34. The van der Waals surface area contributed by atoms with Gasteiger partial charge in [-0.3, -0.25) is 14.5 Å². The van der Waals surface area contributed by atoms with E-state index in [0.717, 1.165) is 44.7 Å². The molecule has 3 aliphatic rings. The molecular weight excluding hydrogens is 542 g/mol. The first-order valence-electron chi connectivity index (χ1n) is 16.1. The van der Waals surface area contributed by atoms with Gasteiger partial charge in [0.05, 0.1) is 0 Å². The second-order valence-electron chi connectivity index (χ2n) is 12.2. The minimum atomic E-state index is -0.760. The molecule has 0 bridgehead atoms. The molecule has 0 unspecified atom stereocenters. The standard InChI is InChI=1S/C34H47N5O4/c1-2-20-39-31(40)30(12-6-7-19-35-33(42)43-26-28-10-4-3-5-11-28)36-32(41)34(39)17-23-37(24-18-34)25-27-13-15-29(16-14-27)38-21-8-9-22-38/h3-5,10-11,13-16,30H,2,6-9,12,17-26H2,1H3,(H,35,42)(H,36,41)/t30-/m0/s1. The smallest absolute Gasteiger partial charge is 0.407 e. The molecule has 9 nitrogen and oxygen atoms in total. The maximum absolute atomic E-state index is 13.6. The van der Waals surface area contributed by atoms with Gasteiger partial charge in [-0.2, -0.15) is 0 Å². The Morgan fingerprint density at radius 1 is 0.953 bits per heavy atom. The van der Waals surface area contributed by atoms with Gasteiger partial charge in [-0.1, -0.05) is 49.4 Å². The lowest BCUT2D eigenvalue weighted by atomic mass is 9.81. The molecule has 0 saturated carbocycles. The number of ether oxygens (including phenoxy) is 1. The zero-order valence-electron chi connectivity index (χ0n) is 25.6. The largest absolute Gasteiger partial charge is 0.445 e. The molecule has 2 aromatic rings. The monoisotopic (exact) mass is 589 g/mol. The zero-order chi connectivity index (χ0) is 30.1. The molecule has 2 N–H and O–H groups in total. The van der Waals surface area contributed by atoms with Crippen LogP contribution in [0.3, 0.4) is 0 Å². The predicted molar refractivity (Wildman–Crippen MR) is 168 cm³/mol. The molecule has 2 aromatic carbocycles. The first-order valence-corrected chi connectivity index (χ1v) is 16.1. The van der Waals surface area contributed by atoms with Crippen molar-refractivity contribution in [2.45, 2.75) is 83.0 Å². The fourth-order valence-electron chi connectivity index (χ4n) is 6.68. The van der Waals surface area contributed by atoms with Crippen LogP contribution in [0.25, 0.3) is 0 Å². The zero-order valence-corrected chi connectivity index (χ0v) is 25.6. The number of nitrogens with zero attached hydrogens (tertiary/aromatic N) is 3. The van der Waals surface area contributed by atoms with Gasteiger partial charge in [-0.15, -0.1) is 0 Å². The van der Waals surface area contributed by atoms with Gasteiger partial charge in [0.15, 0.2) is 0 Å². The first-order chi connectivity index (χ1) is 21.0. The van der Waals surface area contributed by atoms with Gasteiger partial charge in [-0.25, -0.2) is 4.79 Å². The Morgan fingerprint density at radius 2 is 1.67 bits per heavy atom. The van der Waals surface area contributed by atoms with Crippen LogP contribution in [0.15, 0.2) is 54.6 Å². The normalized spacial score (nSPS) is 20.3. The molecule has 3 amide bonds. The van der Waals surface area contributed by atoms with Gasteiger partial charge in [0.25, 0.3) is 0 Å². The molecule has 3 heterocycles. The van der Waals surface area contributed by atoms with E-state index in [1.165, 1.54) is 24.1 Å². The molecule has 0 aromatic heterocycles. The predicted octanol–water partition coefficient (Wildman–Crippen LogP) is 4.46. The number of amides is 3. The minimum absolute atomic E-state index is 0.0113. The number of nitrogens with one attached hydrogen (secondary N) is 2. The summed E-state index contributed by atoms with van der Waals surface area (Å²) in [6.07, 6.45) is 6.18. The summed E-state index contributed by atoms with van der Waals surface area (Å²) >= 11 is 0. The number of piperazine rings is 1. The Labute approximate surface area is 255 Å². The van der Waals surface area contributed by atoms with E-state index in [0.29, 0.717) is 45.2 Å². The Bertz CT molecular complexity index is 1210. The molecular formula is C34H47N5O4. The number of anilines is 1. The highest BCUT2D eigenvalue weighted by atomic mass is 16.5. The van der Waals surface area contributed by atoms with E-state index < -0.39 is 17.7 Å². The lowest BCUT2D eigenvalue weighted by Crippen LogP contribution is -2.72. The fourth-order valence-corrected chi connectivity index (χ4v) is 6.68. The van der Waals surface area contributed by atoms with Crippen molar-refractivity contribution in [2.75, 3.05) is 44.2 Å². The van der Waals surface area contributed by atoms with E-state index in [1.807, 2.05) is 35.2 Å². The van der Waals surface area contributed by atoms with Crippen LogP contribution in [0, 0.1) is 0 Å². The number of alkyl carbamates (subject to hydrolysis) is 1. The third-order valence-electron chi connectivity index (χ3n) is 9.15. The summed E-state index contributed by atoms with van der Waals surface area (Å²) in [7, 11) is 0. The summed E-state index contributed by atoms with van der Waals surface area (Å²) in [6.45, 7) is 8.06. The topological polar surface area (TPSA) is 94.2 Å². The lowest BCUT2D eigenvalue weighted by molar-refractivity contribution is -0.161.